The average molecular weight is 324 g/mol. The molecule has 2 fully saturated rings. The summed E-state index contributed by atoms with van der Waals surface area (Å²) >= 11 is 1.97. The fraction of sp³-hybridized carbons (Fsp3) is 0.688. The van der Waals surface area contributed by atoms with Gasteiger partial charge >= 0.3 is 0 Å². The van der Waals surface area contributed by atoms with Crippen molar-refractivity contribution in [3.63, 3.8) is 0 Å². The number of furan rings is 1. The molecule has 0 saturated carbocycles. The van der Waals surface area contributed by atoms with E-state index in [4.69, 9.17) is 9.15 Å². The largest absolute Gasteiger partial charge is 0.456 e. The van der Waals surface area contributed by atoms with Gasteiger partial charge in [0.2, 0.25) is 0 Å². The maximum Gasteiger partial charge on any atom is 0.287 e. The molecule has 5 nitrogen and oxygen atoms in total. The molecule has 2 saturated heterocycles. The van der Waals surface area contributed by atoms with Crippen molar-refractivity contribution in [2.75, 3.05) is 44.4 Å². The molecule has 3 rings (SSSR count). The molecule has 22 heavy (non-hydrogen) atoms. The van der Waals surface area contributed by atoms with Gasteiger partial charge in [-0.15, -0.1) is 0 Å². The van der Waals surface area contributed by atoms with Crippen LogP contribution in [0.3, 0.4) is 0 Å². The first-order valence-electron chi connectivity index (χ1n) is 8.01. The fourth-order valence-corrected chi connectivity index (χ4v) is 4.63. The molecule has 122 valence electrons. The van der Waals surface area contributed by atoms with Gasteiger partial charge in [-0.25, -0.2) is 0 Å². The van der Waals surface area contributed by atoms with Crippen LogP contribution in [0.15, 0.2) is 16.5 Å². The van der Waals surface area contributed by atoms with Crippen LogP contribution in [-0.2, 0) is 11.2 Å². The molecule has 2 aliphatic heterocycles. The van der Waals surface area contributed by atoms with E-state index in [-0.39, 0.29) is 11.4 Å². The summed E-state index contributed by atoms with van der Waals surface area (Å²) in [5.41, 5.74) is 0.0737. The zero-order valence-corrected chi connectivity index (χ0v) is 13.9. The minimum absolute atomic E-state index is 0.0737. The number of hydrogen-bond acceptors (Lipinski definition) is 5. The quantitative estimate of drug-likeness (QED) is 0.895. The van der Waals surface area contributed by atoms with Gasteiger partial charge in [-0.1, -0.05) is 6.92 Å². The number of thioether (sulfide) groups is 1. The highest BCUT2D eigenvalue weighted by Crippen LogP contribution is 2.33. The predicted molar refractivity (Wildman–Crippen MR) is 87.5 cm³/mol. The maximum absolute atomic E-state index is 12.3. The lowest BCUT2D eigenvalue weighted by atomic mass is 9.95. The second kappa shape index (κ2) is 7.06. The summed E-state index contributed by atoms with van der Waals surface area (Å²) in [5.74, 6) is 3.40. The van der Waals surface area contributed by atoms with Crippen molar-refractivity contribution in [3.8, 4) is 0 Å². The van der Waals surface area contributed by atoms with E-state index in [0.717, 1.165) is 56.4 Å². The van der Waals surface area contributed by atoms with Crippen LogP contribution in [0.4, 0.5) is 0 Å². The van der Waals surface area contributed by atoms with Crippen LogP contribution in [0.25, 0.3) is 0 Å². The molecule has 0 aromatic carbocycles. The summed E-state index contributed by atoms with van der Waals surface area (Å²) in [6, 6.07) is 3.64. The van der Waals surface area contributed by atoms with Crippen LogP contribution in [0.2, 0.25) is 0 Å². The topological polar surface area (TPSA) is 54.7 Å². The Kier molecular flexibility index (Phi) is 5.10. The molecular formula is C16H24N2O3S. The van der Waals surface area contributed by atoms with Gasteiger partial charge in [0.15, 0.2) is 5.76 Å². The minimum Gasteiger partial charge on any atom is -0.456 e. The van der Waals surface area contributed by atoms with E-state index >= 15 is 0 Å². The first-order valence-corrected chi connectivity index (χ1v) is 9.16. The Morgan fingerprint density at radius 1 is 1.41 bits per heavy atom. The molecule has 6 heteroatoms. The third-order valence-electron chi connectivity index (χ3n) is 4.58. The Bertz CT molecular complexity index is 505. The van der Waals surface area contributed by atoms with Crippen LogP contribution in [-0.4, -0.2) is 60.7 Å². The van der Waals surface area contributed by atoms with E-state index in [1.807, 2.05) is 24.8 Å². The number of amides is 1. The Morgan fingerprint density at radius 2 is 2.23 bits per heavy atom. The zero-order chi connectivity index (χ0) is 15.4. The van der Waals surface area contributed by atoms with Crippen LogP contribution in [0.1, 0.15) is 29.7 Å². The van der Waals surface area contributed by atoms with Crippen molar-refractivity contribution >= 4 is 17.7 Å². The highest BCUT2D eigenvalue weighted by molar-refractivity contribution is 7.99. The van der Waals surface area contributed by atoms with Crippen molar-refractivity contribution in [2.24, 2.45) is 0 Å². The van der Waals surface area contributed by atoms with Gasteiger partial charge in [-0.3, -0.25) is 9.69 Å². The molecule has 1 aromatic rings. The van der Waals surface area contributed by atoms with Gasteiger partial charge in [0.1, 0.15) is 5.76 Å². The number of hydrogen-bond donors (Lipinski definition) is 1. The summed E-state index contributed by atoms with van der Waals surface area (Å²) < 4.78 is 11.0. The number of rotatable bonds is 5. The molecule has 1 N–H and O–H groups in total. The molecule has 3 heterocycles. The third-order valence-corrected chi connectivity index (χ3v) is 5.81. The number of carbonyl (C=O) groups excluding carboxylic acids is 1. The van der Waals surface area contributed by atoms with E-state index in [9.17, 15) is 4.79 Å². The summed E-state index contributed by atoms with van der Waals surface area (Å²) in [7, 11) is 0. The highest BCUT2D eigenvalue weighted by Gasteiger charge is 2.41. The van der Waals surface area contributed by atoms with Crippen LogP contribution in [0, 0.1) is 0 Å². The molecule has 0 spiro atoms. The second-order valence-electron chi connectivity index (χ2n) is 5.93. The number of aryl methyl sites for hydroxylation is 1. The van der Waals surface area contributed by atoms with Crippen molar-refractivity contribution in [1.29, 1.82) is 0 Å². The van der Waals surface area contributed by atoms with Gasteiger partial charge in [-0.05, 0) is 24.3 Å². The monoisotopic (exact) mass is 324 g/mol. The van der Waals surface area contributed by atoms with Crippen LogP contribution < -0.4 is 5.32 Å². The average Bonchev–Trinajstić information content (AvgIpc) is 3.23. The van der Waals surface area contributed by atoms with Crippen molar-refractivity contribution in [2.45, 2.75) is 25.3 Å². The second-order valence-corrected chi connectivity index (χ2v) is 7.03. The normalized spacial score (nSPS) is 26.2. The molecule has 0 unspecified atom stereocenters. The number of nitrogens with one attached hydrogen (secondary N) is 1. The molecule has 0 bridgehead atoms. The molecular weight excluding hydrogens is 300 g/mol. The lowest BCUT2D eigenvalue weighted by Crippen LogP contribution is -2.59. The van der Waals surface area contributed by atoms with Gasteiger partial charge in [0, 0.05) is 37.3 Å². The minimum atomic E-state index is -0.107. The van der Waals surface area contributed by atoms with Crippen molar-refractivity contribution in [3.05, 3.63) is 23.7 Å². The van der Waals surface area contributed by atoms with Crippen LogP contribution >= 0.6 is 11.8 Å². The summed E-state index contributed by atoms with van der Waals surface area (Å²) in [6.45, 7) is 6.19. The SMILES string of the molecule is CCc1ccc(C(=O)NC[C@]2(N3CCOCC3)CCSC2)o1. The number of carbonyl (C=O) groups is 1. The van der Waals surface area contributed by atoms with Gasteiger partial charge in [0.05, 0.1) is 13.2 Å². The standard InChI is InChI=1S/C16H24N2O3S/c1-2-13-3-4-14(21-13)15(19)17-11-16(5-10-22-12-16)18-6-8-20-9-7-18/h3-4H,2,5-12H2,1H3,(H,17,19)/t16-/m1/s1. The van der Waals surface area contributed by atoms with Gasteiger partial charge < -0.3 is 14.5 Å². The Hall–Kier alpha value is -0.980. The lowest BCUT2D eigenvalue weighted by molar-refractivity contribution is -0.0129. The van der Waals surface area contributed by atoms with Gasteiger partial charge in [-0.2, -0.15) is 11.8 Å². The van der Waals surface area contributed by atoms with E-state index in [1.165, 1.54) is 0 Å². The number of ether oxygens (including phenoxy) is 1. The Morgan fingerprint density at radius 3 is 2.86 bits per heavy atom. The third kappa shape index (κ3) is 3.34. The van der Waals surface area contributed by atoms with Crippen molar-refractivity contribution in [1.82, 2.24) is 10.2 Å². The molecule has 0 radical (unpaired) electrons. The number of morpholine rings is 1. The van der Waals surface area contributed by atoms with Crippen molar-refractivity contribution < 1.29 is 13.9 Å². The molecule has 1 aromatic heterocycles. The summed E-state index contributed by atoms with van der Waals surface area (Å²) in [6.07, 6.45) is 1.93. The van der Waals surface area contributed by atoms with E-state index < -0.39 is 0 Å². The lowest BCUT2D eigenvalue weighted by Gasteiger charge is -2.42. The van der Waals surface area contributed by atoms with E-state index in [2.05, 4.69) is 10.2 Å². The highest BCUT2D eigenvalue weighted by atomic mass is 32.2. The van der Waals surface area contributed by atoms with Crippen LogP contribution in [0.5, 0.6) is 0 Å². The first kappa shape index (κ1) is 15.9. The zero-order valence-electron chi connectivity index (χ0n) is 13.1. The summed E-state index contributed by atoms with van der Waals surface area (Å²) in [4.78, 5) is 14.8. The Balaban J connectivity index is 1.62. The molecule has 1 amide bonds. The Labute approximate surface area is 135 Å². The predicted octanol–water partition coefficient (Wildman–Crippen LogP) is 1.78. The van der Waals surface area contributed by atoms with Gasteiger partial charge in [0.25, 0.3) is 5.91 Å². The maximum atomic E-state index is 12.3. The van der Waals surface area contributed by atoms with E-state index in [1.54, 1.807) is 6.07 Å². The smallest absolute Gasteiger partial charge is 0.287 e. The number of nitrogens with zero attached hydrogens (tertiary/aromatic N) is 1. The molecule has 1 atom stereocenters. The first-order chi connectivity index (χ1) is 10.7. The fourth-order valence-electron chi connectivity index (χ4n) is 3.16. The molecule has 2 aliphatic rings. The summed E-state index contributed by atoms with van der Waals surface area (Å²) in [5, 5.41) is 3.09. The molecule has 0 aliphatic carbocycles. The van der Waals surface area contributed by atoms with E-state index in [0.29, 0.717) is 12.3 Å².